The van der Waals surface area contributed by atoms with E-state index in [1.165, 1.54) is 4.90 Å². The van der Waals surface area contributed by atoms with Crippen LogP contribution in [0.1, 0.15) is 6.42 Å². The van der Waals surface area contributed by atoms with Crippen molar-refractivity contribution in [2.24, 2.45) is 23.7 Å². The number of carbonyl (C=O) groups excluding carboxylic acids is 2. The number of alkyl halides is 2. The van der Waals surface area contributed by atoms with Gasteiger partial charge in [-0.05, 0) is 42.5 Å². The smallest absolute Gasteiger partial charge is 0.238 e. The normalized spacial score (nSPS) is 41.0. The summed E-state index contributed by atoms with van der Waals surface area (Å²) in [5.74, 6) is 0.184. The third-order valence-electron chi connectivity index (χ3n) is 5.07. The standard InChI is InChI=1S/C15H12Br3NO2/c16-6-1-3-7(4-2-6)19-14(20)10-8-5-9(11(10)15(19)21)13(18)12(8)17/h1-4,8-13H,5H2/t8-,9-,10-,11+,12-,13+/m0/s1. The molecule has 0 unspecified atom stereocenters. The lowest BCUT2D eigenvalue weighted by molar-refractivity contribution is -0.123. The molecule has 2 saturated carbocycles. The van der Waals surface area contributed by atoms with Gasteiger partial charge in [-0.1, -0.05) is 47.8 Å². The maximum Gasteiger partial charge on any atom is 0.238 e. The molecule has 2 amide bonds. The molecule has 2 bridgehead atoms. The maximum atomic E-state index is 12.8. The quantitative estimate of drug-likeness (QED) is 0.456. The Morgan fingerprint density at radius 3 is 1.86 bits per heavy atom. The van der Waals surface area contributed by atoms with Crippen LogP contribution in [-0.4, -0.2) is 21.5 Å². The second-order valence-electron chi connectivity index (χ2n) is 5.99. The molecular formula is C15H12Br3NO2. The van der Waals surface area contributed by atoms with Crippen molar-refractivity contribution in [3.63, 3.8) is 0 Å². The number of halogens is 3. The van der Waals surface area contributed by atoms with Crippen LogP contribution in [0.25, 0.3) is 0 Å². The number of hydrogen-bond donors (Lipinski definition) is 0. The number of benzene rings is 1. The van der Waals surface area contributed by atoms with Gasteiger partial charge >= 0.3 is 0 Å². The number of fused-ring (bicyclic) bond motifs is 5. The second-order valence-corrected chi connectivity index (χ2v) is 9.02. The van der Waals surface area contributed by atoms with Crippen LogP contribution < -0.4 is 4.90 Å². The summed E-state index contributed by atoms with van der Waals surface area (Å²) in [5.41, 5.74) is 0.680. The van der Waals surface area contributed by atoms with Gasteiger partial charge in [0.05, 0.1) is 17.5 Å². The largest absolute Gasteiger partial charge is 0.274 e. The topological polar surface area (TPSA) is 37.4 Å². The van der Waals surface area contributed by atoms with Crippen molar-refractivity contribution in [2.45, 2.75) is 16.1 Å². The summed E-state index contributed by atoms with van der Waals surface area (Å²) in [6, 6.07) is 7.36. The number of carbonyl (C=O) groups is 2. The van der Waals surface area contributed by atoms with E-state index in [0.29, 0.717) is 5.69 Å². The van der Waals surface area contributed by atoms with Gasteiger partial charge in [0.2, 0.25) is 11.8 Å². The molecule has 0 radical (unpaired) electrons. The first-order valence-corrected chi connectivity index (χ1v) is 9.54. The van der Waals surface area contributed by atoms with Gasteiger partial charge in [-0.25, -0.2) is 0 Å². The zero-order chi connectivity index (χ0) is 14.9. The predicted molar refractivity (Wildman–Crippen MR) is 90.6 cm³/mol. The Balaban J connectivity index is 1.73. The Hall–Kier alpha value is -0.200. The predicted octanol–water partition coefficient (Wildman–Crippen LogP) is 3.73. The first kappa shape index (κ1) is 14.4. The minimum atomic E-state index is -0.149. The van der Waals surface area contributed by atoms with Crippen molar-refractivity contribution < 1.29 is 9.59 Å². The highest BCUT2D eigenvalue weighted by molar-refractivity contribution is 9.12. The molecule has 2 aliphatic carbocycles. The summed E-state index contributed by atoms with van der Waals surface area (Å²) in [6.07, 6.45) is 0.965. The summed E-state index contributed by atoms with van der Waals surface area (Å²) in [4.78, 5) is 27.5. The van der Waals surface area contributed by atoms with Crippen LogP contribution in [0, 0.1) is 23.7 Å². The maximum absolute atomic E-state index is 12.8. The molecule has 0 aromatic heterocycles. The third-order valence-corrected chi connectivity index (χ3v) is 8.81. The highest BCUT2D eigenvalue weighted by Crippen LogP contribution is 2.60. The van der Waals surface area contributed by atoms with Gasteiger partial charge in [0.15, 0.2) is 0 Å². The Labute approximate surface area is 147 Å². The molecular weight excluding hydrogens is 466 g/mol. The summed E-state index contributed by atoms with van der Waals surface area (Å²) in [5, 5.41) is 0. The van der Waals surface area contributed by atoms with Crippen LogP contribution in [0.15, 0.2) is 28.7 Å². The zero-order valence-electron chi connectivity index (χ0n) is 10.9. The number of rotatable bonds is 1. The van der Waals surface area contributed by atoms with E-state index in [1.54, 1.807) is 0 Å². The van der Waals surface area contributed by atoms with Crippen molar-refractivity contribution in [1.82, 2.24) is 0 Å². The molecule has 1 aliphatic heterocycles. The first-order chi connectivity index (χ1) is 10.0. The third kappa shape index (κ3) is 1.88. The van der Waals surface area contributed by atoms with Crippen LogP contribution in [0.3, 0.4) is 0 Å². The monoisotopic (exact) mass is 475 g/mol. The molecule has 4 rings (SSSR count). The van der Waals surface area contributed by atoms with E-state index in [4.69, 9.17) is 0 Å². The molecule has 1 saturated heterocycles. The molecule has 6 heteroatoms. The SMILES string of the molecule is O=C1[C@@H]2[C@@H]3C[C@H]([C@H](Br)[C@@H]3Br)[C@@H]2C(=O)N1c1ccc(Br)cc1. The van der Waals surface area contributed by atoms with Crippen LogP contribution >= 0.6 is 47.8 Å². The van der Waals surface area contributed by atoms with Crippen molar-refractivity contribution in [3.8, 4) is 0 Å². The van der Waals surface area contributed by atoms with Crippen molar-refractivity contribution in [1.29, 1.82) is 0 Å². The van der Waals surface area contributed by atoms with Crippen LogP contribution in [0.2, 0.25) is 0 Å². The van der Waals surface area contributed by atoms with Gasteiger partial charge in [0.1, 0.15) is 0 Å². The van der Waals surface area contributed by atoms with E-state index in [9.17, 15) is 9.59 Å². The highest BCUT2D eigenvalue weighted by Gasteiger charge is 2.66. The molecule has 1 heterocycles. The van der Waals surface area contributed by atoms with E-state index in [1.807, 2.05) is 24.3 Å². The highest BCUT2D eigenvalue weighted by atomic mass is 79.9. The Morgan fingerprint density at radius 1 is 0.905 bits per heavy atom. The first-order valence-electron chi connectivity index (χ1n) is 6.92. The molecule has 6 atom stereocenters. The summed E-state index contributed by atoms with van der Waals surface area (Å²) >= 11 is 10.8. The van der Waals surface area contributed by atoms with Crippen LogP contribution in [-0.2, 0) is 9.59 Å². The second kappa shape index (κ2) is 4.90. The number of amides is 2. The van der Waals surface area contributed by atoms with E-state index in [2.05, 4.69) is 47.8 Å². The van der Waals surface area contributed by atoms with E-state index in [-0.39, 0.29) is 45.1 Å². The summed E-state index contributed by atoms with van der Waals surface area (Å²) in [6.45, 7) is 0. The average Bonchev–Trinajstić information content (AvgIpc) is 3.06. The molecule has 1 aromatic rings. The minimum Gasteiger partial charge on any atom is -0.274 e. The van der Waals surface area contributed by atoms with E-state index < -0.39 is 0 Å². The number of imide groups is 1. The van der Waals surface area contributed by atoms with Gasteiger partial charge in [-0.3, -0.25) is 14.5 Å². The van der Waals surface area contributed by atoms with Gasteiger partial charge < -0.3 is 0 Å². The molecule has 3 nitrogen and oxygen atoms in total. The van der Waals surface area contributed by atoms with Gasteiger partial charge in [-0.15, -0.1) is 0 Å². The lowest BCUT2D eigenvalue weighted by Gasteiger charge is -2.28. The van der Waals surface area contributed by atoms with Gasteiger partial charge in [-0.2, -0.15) is 0 Å². The zero-order valence-corrected chi connectivity index (χ0v) is 15.6. The number of anilines is 1. The summed E-state index contributed by atoms with van der Waals surface area (Å²) in [7, 11) is 0. The lowest BCUT2D eigenvalue weighted by Crippen LogP contribution is -2.37. The molecule has 0 spiro atoms. The van der Waals surface area contributed by atoms with Crippen molar-refractivity contribution >= 4 is 65.3 Å². The van der Waals surface area contributed by atoms with Gasteiger partial charge in [0, 0.05) is 14.1 Å². The summed E-state index contributed by atoms with van der Waals surface area (Å²) < 4.78 is 0.937. The van der Waals surface area contributed by atoms with Crippen molar-refractivity contribution in [2.75, 3.05) is 4.90 Å². The van der Waals surface area contributed by atoms with Crippen LogP contribution in [0.5, 0.6) is 0 Å². The van der Waals surface area contributed by atoms with Crippen LogP contribution in [0.4, 0.5) is 5.69 Å². The molecule has 1 aromatic carbocycles. The number of hydrogen-bond acceptors (Lipinski definition) is 2. The number of nitrogens with zero attached hydrogens (tertiary/aromatic N) is 1. The van der Waals surface area contributed by atoms with Crippen molar-refractivity contribution in [3.05, 3.63) is 28.7 Å². The molecule has 21 heavy (non-hydrogen) atoms. The Bertz CT molecular complexity index is 600. The average molecular weight is 478 g/mol. The molecule has 3 aliphatic rings. The molecule has 0 N–H and O–H groups in total. The minimum absolute atomic E-state index is 0.0244. The lowest BCUT2D eigenvalue weighted by atomic mass is 9.81. The fourth-order valence-corrected chi connectivity index (χ4v) is 6.33. The fourth-order valence-electron chi connectivity index (χ4n) is 4.19. The molecule has 110 valence electrons. The molecule has 3 fully saturated rings. The van der Waals surface area contributed by atoms with Gasteiger partial charge in [0.25, 0.3) is 0 Å². The fraction of sp³-hybridized carbons (Fsp3) is 0.467. The van der Waals surface area contributed by atoms with E-state index >= 15 is 0 Å². The van der Waals surface area contributed by atoms with E-state index in [0.717, 1.165) is 10.9 Å². The Kier molecular flexibility index (Phi) is 3.36. The Morgan fingerprint density at radius 2 is 1.38 bits per heavy atom.